The molecule has 3 amide bonds. The van der Waals surface area contributed by atoms with Gasteiger partial charge in [-0.3, -0.25) is 14.4 Å². The molecule has 1 saturated heterocycles. The van der Waals surface area contributed by atoms with Gasteiger partial charge in [-0.05, 0) is 74.4 Å². The normalized spacial score (nSPS) is 16.9. The number of rotatable bonds is 14. The van der Waals surface area contributed by atoms with E-state index in [0.29, 0.717) is 37.8 Å². The first-order chi connectivity index (χ1) is 20.7. The van der Waals surface area contributed by atoms with Crippen molar-refractivity contribution in [2.24, 2.45) is 11.5 Å². The third-order valence-corrected chi connectivity index (χ3v) is 7.84. The van der Waals surface area contributed by atoms with Crippen molar-refractivity contribution in [2.45, 2.75) is 69.1 Å². The van der Waals surface area contributed by atoms with Crippen LogP contribution >= 0.6 is 0 Å². The Kier molecular flexibility index (Phi) is 10.7. The number of carboxylic acids is 1. The maximum atomic E-state index is 13.6. The summed E-state index contributed by atoms with van der Waals surface area (Å²) in [6.07, 6.45) is 4.45. The Morgan fingerprint density at radius 1 is 0.977 bits per heavy atom. The molecular weight excluding hydrogens is 552 g/mol. The smallest absolute Gasteiger partial charge is 0.326 e. The Labute approximate surface area is 249 Å². The number of aromatic nitrogens is 1. The second kappa shape index (κ2) is 14.7. The van der Waals surface area contributed by atoms with Crippen LogP contribution in [0.3, 0.4) is 0 Å². The summed E-state index contributed by atoms with van der Waals surface area (Å²) in [5.41, 5.74) is 14.4. The summed E-state index contributed by atoms with van der Waals surface area (Å²) < 4.78 is 0. The molecular formula is C31H40N6O6. The van der Waals surface area contributed by atoms with E-state index in [2.05, 4.69) is 15.6 Å². The second-order valence-corrected chi connectivity index (χ2v) is 11.0. The summed E-state index contributed by atoms with van der Waals surface area (Å²) in [5, 5.41) is 25.8. The maximum absolute atomic E-state index is 13.6. The fourth-order valence-corrected chi connectivity index (χ4v) is 5.50. The van der Waals surface area contributed by atoms with E-state index in [1.165, 1.54) is 17.0 Å². The predicted molar refractivity (Wildman–Crippen MR) is 161 cm³/mol. The molecule has 3 aromatic rings. The molecule has 9 N–H and O–H groups in total. The van der Waals surface area contributed by atoms with Crippen LogP contribution in [0.25, 0.3) is 10.9 Å². The van der Waals surface area contributed by atoms with Crippen molar-refractivity contribution < 1.29 is 29.4 Å². The third-order valence-electron chi connectivity index (χ3n) is 7.84. The molecule has 4 unspecified atom stereocenters. The van der Waals surface area contributed by atoms with Gasteiger partial charge in [-0.2, -0.15) is 0 Å². The molecule has 2 heterocycles. The Bertz CT molecular complexity index is 1420. The van der Waals surface area contributed by atoms with Crippen molar-refractivity contribution >= 4 is 34.6 Å². The van der Waals surface area contributed by atoms with Crippen molar-refractivity contribution in [3.8, 4) is 5.75 Å². The SMILES string of the molecule is NCCCCC(NC(=O)C(N)Cc1c[nH]c2ccccc12)C(=O)NC(Cc1ccc(O)cc1)C(=O)N1CCCC1C(=O)O. The van der Waals surface area contributed by atoms with Crippen molar-refractivity contribution in [1.82, 2.24) is 20.5 Å². The molecule has 0 bridgehead atoms. The first kappa shape index (κ1) is 31.5. The van der Waals surface area contributed by atoms with E-state index in [1.54, 1.807) is 12.1 Å². The summed E-state index contributed by atoms with van der Waals surface area (Å²) in [6.45, 7) is 0.674. The highest BCUT2D eigenvalue weighted by atomic mass is 16.4. The van der Waals surface area contributed by atoms with Gasteiger partial charge in [0, 0.05) is 30.1 Å². The van der Waals surface area contributed by atoms with Gasteiger partial charge in [-0.15, -0.1) is 0 Å². The lowest BCUT2D eigenvalue weighted by atomic mass is 10.0. The molecule has 0 radical (unpaired) electrons. The van der Waals surface area contributed by atoms with Crippen LogP contribution in [0.4, 0.5) is 0 Å². The number of H-pyrrole nitrogens is 1. The number of para-hydroxylation sites is 1. The van der Waals surface area contributed by atoms with Crippen molar-refractivity contribution in [1.29, 1.82) is 0 Å². The van der Waals surface area contributed by atoms with E-state index >= 15 is 0 Å². The maximum Gasteiger partial charge on any atom is 0.326 e. The Morgan fingerprint density at radius 3 is 2.42 bits per heavy atom. The number of nitrogens with one attached hydrogen (secondary N) is 3. The number of phenolic OH excluding ortho intramolecular Hbond substituents is 1. The monoisotopic (exact) mass is 592 g/mol. The van der Waals surface area contributed by atoms with Gasteiger partial charge in [0.25, 0.3) is 0 Å². The minimum Gasteiger partial charge on any atom is -0.508 e. The summed E-state index contributed by atoms with van der Waals surface area (Å²) >= 11 is 0. The number of aromatic amines is 1. The van der Waals surface area contributed by atoms with Crippen molar-refractivity contribution in [3.63, 3.8) is 0 Å². The number of unbranched alkanes of at least 4 members (excludes halogenated alkanes) is 1. The molecule has 1 aliphatic rings. The molecule has 12 heteroatoms. The predicted octanol–water partition coefficient (Wildman–Crippen LogP) is 1.16. The number of aliphatic carboxylic acids is 1. The van der Waals surface area contributed by atoms with E-state index in [-0.39, 0.29) is 31.6 Å². The first-order valence-electron chi connectivity index (χ1n) is 14.6. The quantitative estimate of drug-likeness (QED) is 0.135. The summed E-state index contributed by atoms with van der Waals surface area (Å²) in [6, 6.07) is 9.89. The minimum absolute atomic E-state index is 0.0489. The number of phenols is 1. The Morgan fingerprint density at radius 2 is 1.70 bits per heavy atom. The average Bonchev–Trinajstić information content (AvgIpc) is 3.65. The van der Waals surface area contributed by atoms with E-state index in [0.717, 1.165) is 16.5 Å². The van der Waals surface area contributed by atoms with E-state index in [1.807, 2.05) is 30.5 Å². The molecule has 4 atom stereocenters. The van der Waals surface area contributed by atoms with Crippen molar-refractivity contribution in [2.75, 3.05) is 13.1 Å². The van der Waals surface area contributed by atoms with Crippen LogP contribution in [-0.4, -0.2) is 81.0 Å². The number of carbonyl (C=O) groups is 4. The number of benzene rings is 2. The Balaban J connectivity index is 1.50. The van der Waals surface area contributed by atoms with Crippen LogP contribution in [0, 0.1) is 0 Å². The number of likely N-dealkylation sites (tertiary alicyclic amines) is 1. The Hall–Kier alpha value is -4.42. The molecule has 0 spiro atoms. The molecule has 43 heavy (non-hydrogen) atoms. The van der Waals surface area contributed by atoms with Gasteiger partial charge in [0.1, 0.15) is 23.9 Å². The second-order valence-electron chi connectivity index (χ2n) is 11.0. The number of hydrogen-bond donors (Lipinski definition) is 7. The topological polar surface area (TPSA) is 204 Å². The largest absolute Gasteiger partial charge is 0.508 e. The molecule has 230 valence electrons. The molecule has 1 aromatic heterocycles. The van der Waals surface area contributed by atoms with Gasteiger partial charge < -0.3 is 42.2 Å². The molecule has 12 nitrogen and oxygen atoms in total. The van der Waals surface area contributed by atoms with Gasteiger partial charge in [0.15, 0.2) is 0 Å². The summed E-state index contributed by atoms with van der Waals surface area (Å²) in [4.78, 5) is 56.7. The zero-order valence-corrected chi connectivity index (χ0v) is 24.0. The number of carboxylic acid groups (broad SMARTS) is 1. The van der Waals surface area contributed by atoms with E-state index in [4.69, 9.17) is 11.5 Å². The highest BCUT2D eigenvalue weighted by molar-refractivity contribution is 5.94. The van der Waals surface area contributed by atoms with Gasteiger partial charge >= 0.3 is 5.97 Å². The van der Waals surface area contributed by atoms with Gasteiger partial charge in [-0.1, -0.05) is 30.3 Å². The zero-order valence-electron chi connectivity index (χ0n) is 24.0. The number of fused-ring (bicyclic) bond motifs is 1. The average molecular weight is 593 g/mol. The van der Waals surface area contributed by atoms with Crippen LogP contribution in [0.15, 0.2) is 54.7 Å². The number of nitrogens with two attached hydrogens (primary N) is 2. The summed E-state index contributed by atoms with van der Waals surface area (Å²) in [7, 11) is 0. The minimum atomic E-state index is -1.10. The standard InChI is InChI=1S/C31H40N6O6/c32-14-4-3-8-25(35-28(39)23(33)17-20-18-34-24-7-2-1-6-22(20)24)29(40)36-26(16-19-10-12-21(38)13-11-19)30(41)37-15-5-9-27(37)31(42)43/h1-2,6-7,10-13,18,23,25-27,34,38H,3-5,8-9,14-17,32-33H2,(H,35,39)(H,36,40)(H,42,43). The number of nitrogens with zero attached hydrogens (tertiary/aromatic N) is 1. The first-order valence-corrected chi connectivity index (χ1v) is 14.6. The highest BCUT2D eigenvalue weighted by Crippen LogP contribution is 2.21. The molecule has 4 rings (SSSR count). The van der Waals surface area contributed by atoms with Crippen LogP contribution in [0.1, 0.15) is 43.2 Å². The lowest BCUT2D eigenvalue weighted by molar-refractivity contribution is -0.149. The lowest BCUT2D eigenvalue weighted by Gasteiger charge is -2.29. The van der Waals surface area contributed by atoms with E-state index < -0.39 is 47.9 Å². The van der Waals surface area contributed by atoms with Crippen LogP contribution < -0.4 is 22.1 Å². The molecule has 0 aliphatic carbocycles. The molecule has 2 aromatic carbocycles. The van der Waals surface area contributed by atoms with Crippen LogP contribution in [-0.2, 0) is 32.0 Å². The molecule has 1 aliphatic heterocycles. The van der Waals surface area contributed by atoms with Gasteiger partial charge in [0.05, 0.1) is 6.04 Å². The summed E-state index contributed by atoms with van der Waals surface area (Å²) in [5.74, 6) is -2.66. The third kappa shape index (κ3) is 8.11. The fraction of sp³-hybridized carbons (Fsp3) is 0.419. The molecule has 1 fully saturated rings. The van der Waals surface area contributed by atoms with Gasteiger partial charge in [-0.25, -0.2) is 4.79 Å². The van der Waals surface area contributed by atoms with Crippen LogP contribution in [0.2, 0.25) is 0 Å². The number of amides is 3. The van der Waals surface area contributed by atoms with Gasteiger partial charge in [0.2, 0.25) is 17.7 Å². The highest BCUT2D eigenvalue weighted by Gasteiger charge is 2.38. The lowest BCUT2D eigenvalue weighted by Crippen LogP contribution is -2.57. The number of aromatic hydroxyl groups is 1. The van der Waals surface area contributed by atoms with Crippen molar-refractivity contribution in [3.05, 3.63) is 65.9 Å². The molecule has 0 saturated carbocycles. The zero-order chi connectivity index (χ0) is 30.9. The number of carbonyl (C=O) groups excluding carboxylic acids is 3. The fourth-order valence-electron chi connectivity index (χ4n) is 5.50. The van der Waals surface area contributed by atoms with E-state index in [9.17, 15) is 29.4 Å². The number of hydrogen-bond acceptors (Lipinski definition) is 7. The van der Waals surface area contributed by atoms with Crippen LogP contribution in [0.5, 0.6) is 5.75 Å².